The fourth-order valence-electron chi connectivity index (χ4n) is 1.51. The number of hydrogen-bond donors (Lipinski definition) is 2. The molecule has 6 heteroatoms. The molecule has 0 aromatic carbocycles. The van der Waals surface area contributed by atoms with Gasteiger partial charge in [0.2, 0.25) is 0 Å². The van der Waals surface area contributed by atoms with E-state index in [4.69, 9.17) is 11.5 Å². The molecule has 4 N–H and O–H groups in total. The molecule has 2 heterocycles. The fourth-order valence-corrected chi connectivity index (χ4v) is 1.51. The molecule has 0 saturated carbocycles. The second-order valence-corrected chi connectivity index (χ2v) is 3.56. The third-order valence-corrected chi connectivity index (χ3v) is 2.45. The lowest BCUT2D eigenvalue weighted by Crippen LogP contribution is -2.27. The van der Waals surface area contributed by atoms with Gasteiger partial charge in [-0.2, -0.15) is 0 Å². The Kier molecular flexibility index (Phi) is 7.47. The molecule has 0 aliphatic rings. The highest BCUT2D eigenvalue weighted by Crippen LogP contribution is 2.20. The molecule has 0 fully saturated rings. The standard InChI is InChI=1S/C12H14N4.2ClH/c13-11(9-5-1-3-7-15-9)12(14)10-6-2-4-8-16-10;;/h1-8,11-12H,13-14H2;2*1H/t11-,12-;;/m0../s1. The Hall–Kier alpha value is -1.20. The summed E-state index contributed by atoms with van der Waals surface area (Å²) in [5, 5.41) is 0. The number of hydrogen-bond acceptors (Lipinski definition) is 4. The quantitative estimate of drug-likeness (QED) is 0.905. The molecule has 0 saturated heterocycles. The Bertz CT molecular complexity index is 395. The Morgan fingerprint density at radius 2 is 1.11 bits per heavy atom. The molecule has 2 aromatic heterocycles. The SMILES string of the molecule is Cl.Cl.N[C@@H](c1ccccn1)[C@@H](N)c1ccccn1. The van der Waals surface area contributed by atoms with Gasteiger partial charge < -0.3 is 11.5 Å². The van der Waals surface area contributed by atoms with Gasteiger partial charge in [0.1, 0.15) is 0 Å². The molecule has 0 radical (unpaired) electrons. The van der Waals surface area contributed by atoms with Crippen molar-refractivity contribution in [1.82, 2.24) is 9.97 Å². The second kappa shape index (κ2) is 8.00. The maximum absolute atomic E-state index is 6.04. The highest BCUT2D eigenvalue weighted by molar-refractivity contribution is 5.85. The van der Waals surface area contributed by atoms with E-state index in [2.05, 4.69) is 9.97 Å². The van der Waals surface area contributed by atoms with Crippen LogP contribution in [0.4, 0.5) is 0 Å². The van der Waals surface area contributed by atoms with Crippen LogP contribution >= 0.6 is 24.8 Å². The number of nitrogens with two attached hydrogens (primary N) is 2. The van der Waals surface area contributed by atoms with Crippen molar-refractivity contribution in [2.24, 2.45) is 11.5 Å². The number of halogens is 2. The molecule has 0 aliphatic carbocycles. The van der Waals surface area contributed by atoms with E-state index in [1.165, 1.54) is 0 Å². The monoisotopic (exact) mass is 286 g/mol. The van der Waals surface area contributed by atoms with E-state index in [-0.39, 0.29) is 36.9 Å². The summed E-state index contributed by atoms with van der Waals surface area (Å²) in [5.74, 6) is 0. The molecule has 18 heavy (non-hydrogen) atoms. The molecule has 0 spiro atoms. The summed E-state index contributed by atoms with van der Waals surface area (Å²) in [6.07, 6.45) is 3.42. The van der Waals surface area contributed by atoms with Crippen molar-refractivity contribution in [3.05, 3.63) is 60.2 Å². The van der Waals surface area contributed by atoms with Crippen LogP contribution < -0.4 is 11.5 Å². The Morgan fingerprint density at radius 3 is 1.39 bits per heavy atom. The molecule has 0 bridgehead atoms. The van der Waals surface area contributed by atoms with E-state index < -0.39 is 0 Å². The predicted octanol–water partition coefficient (Wildman–Crippen LogP) is 2.02. The predicted molar refractivity (Wildman–Crippen MR) is 76.8 cm³/mol. The van der Waals surface area contributed by atoms with E-state index >= 15 is 0 Å². The van der Waals surface area contributed by atoms with Gasteiger partial charge >= 0.3 is 0 Å². The summed E-state index contributed by atoms with van der Waals surface area (Å²) in [6, 6.07) is 10.6. The van der Waals surface area contributed by atoms with Crippen molar-refractivity contribution in [2.75, 3.05) is 0 Å². The van der Waals surface area contributed by atoms with Crippen LogP contribution in [-0.4, -0.2) is 9.97 Å². The molecule has 2 aromatic rings. The first-order valence-electron chi connectivity index (χ1n) is 5.12. The first kappa shape index (κ1) is 16.8. The van der Waals surface area contributed by atoms with Crippen LogP contribution in [0.2, 0.25) is 0 Å². The highest BCUT2D eigenvalue weighted by atomic mass is 35.5. The minimum absolute atomic E-state index is 0. The third kappa shape index (κ3) is 3.92. The summed E-state index contributed by atoms with van der Waals surface area (Å²) in [7, 11) is 0. The minimum Gasteiger partial charge on any atom is -0.321 e. The van der Waals surface area contributed by atoms with Gasteiger partial charge in [-0.1, -0.05) is 12.1 Å². The van der Waals surface area contributed by atoms with Gasteiger partial charge in [-0.05, 0) is 24.3 Å². The second-order valence-electron chi connectivity index (χ2n) is 3.56. The Labute approximate surface area is 119 Å². The minimum atomic E-state index is -0.337. The van der Waals surface area contributed by atoms with Crippen molar-refractivity contribution < 1.29 is 0 Å². The zero-order chi connectivity index (χ0) is 11.4. The smallest absolute Gasteiger partial charge is 0.0681 e. The largest absolute Gasteiger partial charge is 0.321 e. The lowest BCUT2D eigenvalue weighted by molar-refractivity contribution is 0.548. The van der Waals surface area contributed by atoms with Crippen molar-refractivity contribution in [3.63, 3.8) is 0 Å². The van der Waals surface area contributed by atoms with Crippen LogP contribution in [0.1, 0.15) is 23.5 Å². The van der Waals surface area contributed by atoms with Crippen LogP contribution in [0.15, 0.2) is 48.8 Å². The van der Waals surface area contributed by atoms with Crippen molar-refractivity contribution >= 4 is 24.8 Å². The Morgan fingerprint density at radius 1 is 0.722 bits per heavy atom. The third-order valence-electron chi connectivity index (χ3n) is 2.45. The summed E-state index contributed by atoms with van der Waals surface area (Å²) < 4.78 is 0. The normalized spacial score (nSPS) is 12.8. The van der Waals surface area contributed by atoms with Crippen LogP contribution in [0, 0.1) is 0 Å². The molecule has 0 unspecified atom stereocenters. The topological polar surface area (TPSA) is 77.8 Å². The van der Waals surface area contributed by atoms with Gasteiger partial charge in [0, 0.05) is 12.4 Å². The lowest BCUT2D eigenvalue weighted by atomic mass is 10.0. The Balaban J connectivity index is 0.00000144. The number of aromatic nitrogens is 2. The van der Waals surface area contributed by atoms with E-state index in [1.54, 1.807) is 12.4 Å². The average Bonchev–Trinajstić information content (AvgIpc) is 2.39. The van der Waals surface area contributed by atoms with Gasteiger partial charge in [-0.15, -0.1) is 24.8 Å². The van der Waals surface area contributed by atoms with Crippen LogP contribution in [-0.2, 0) is 0 Å². The molecule has 2 atom stereocenters. The first-order chi connectivity index (χ1) is 7.79. The number of pyridine rings is 2. The van der Waals surface area contributed by atoms with Gasteiger partial charge in [0.15, 0.2) is 0 Å². The highest BCUT2D eigenvalue weighted by Gasteiger charge is 2.18. The average molecular weight is 287 g/mol. The van der Waals surface area contributed by atoms with Gasteiger partial charge in [0.05, 0.1) is 23.5 Å². The molecule has 0 aliphatic heterocycles. The van der Waals surface area contributed by atoms with Crippen LogP contribution in [0.25, 0.3) is 0 Å². The van der Waals surface area contributed by atoms with Crippen molar-refractivity contribution in [3.8, 4) is 0 Å². The molecule has 2 rings (SSSR count). The molecular weight excluding hydrogens is 271 g/mol. The van der Waals surface area contributed by atoms with Crippen LogP contribution in [0.5, 0.6) is 0 Å². The van der Waals surface area contributed by atoms with E-state index in [9.17, 15) is 0 Å². The van der Waals surface area contributed by atoms with Crippen LogP contribution in [0.3, 0.4) is 0 Å². The van der Waals surface area contributed by atoms with Gasteiger partial charge in [0.25, 0.3) is 0 Å². The van der Waals surface area contributed by atoms with E-state index in [0.717, 1.165) is 11.4 Å². The van der Waals surface area contributed by atoms with Gasteiger partial charge in [-0.25, -0.2) is 0 Å². The molecular formula is C12H16Cl2N4. The molecule has 98 valence electrons. The zero-order valence-corrected chi connectivity index (χ0v) is 11.3. The van der Waals surface area contributed by atoms with Crippen molar-refractivity contribution in [1.29, 1.82) is 0 Å². The summed E-state index contributed by atoms with van der Waals surface area (Å²) >= 11 is 0. The fraction of sp³-hybridized carbons (Fsp3) is 0.167. The summed E-state index contributed by atoms with van der Waals surface area (Å²) in [5.41, 5.74) is 13.6. The maximum Gasteiger partial charge on any atom is 0.0681 e. The summed E-state index contributed by atoms with van der Waals surface area (Å²) in [6.45, 7) is 0. The summed E-state index contributed by atoms with van der Waals surface area (Å²) in [4.78, 5) is 8.38. The zero-order valence-electron chi connectivity index (χ0n) is 9.64. The van der Waals surface area contributed by atoms with E-state index in [0.29, 0.717) is 0 Å². The molecule has 4 nitrogen and oxygen atoms in total. The van der Waals surface area contributed by atoms with E-state index in [1.807, 2.05) is 36.4 Å². The number of rotatable bonds is 3. The van der Waals surface area contributed by atoms with Gasteiger partial charge in [-0.3, -0.25) is 9.97 Å². The number of nitrogens with zero attached hydrogens (tertiary/aromatic N) is 2. The first-order valence-corrected chi connectivity index (χ1v) is 5.12. The lowest BCUT2D eigenvalue weighted by Gasteiger charge is -2.18. The van der Waals surface area contributed by atoms with Crippen molar-refractivity contribution in [2.45, 2.75) is 12.1 Å². The maximum atomic E-state index is 6.04. The molecule has 0 amide bonds.